The Kier molecular flexibility index (Phi) is 8.74. The minimum atomic E-state index is -0.500. The molecule has 7 nitrogen and oxygen atoms in total. The molecule has 2 aliphatic rings. The Morgan fingerprint density at radius 1 is 1.31 bits per heavy atom. The number of piperidine rings is 1. The summed E-state index contributed by atoms with van der Waals surface area (Å²) >= 11 is 0. The zero-order valence-corrected chi connectivity index (χ0v) is 24.0. The molecular weight excluding hydrogens is 491 g/mol. The van der Waals surface area contributed by atoms with Crippen LogP contribution in [0.2, 0.25) is 0 Å². The number of allylic oxidation sites excluding steroid dienone is 3. The third kappa shape index (κ3) is 5.71. The number of carbonyl (C=O) groups excluding carboxylic acids is 1. The van der Waals surface area contributed by atoms with Crippen molar-refractivity contribution in [1.29, 1.82) is 5.41 Å². The van der Waals surface area contributed by atoms with Crippen molar-refractivity contribution < 1.29 is 9.18 Å². The molecule has 1 atom stereocenters. The van der Waals surface area contributed by atoms with E-state index in [2.05, 4.69) is 24.1 Å². The lowest BCUT2D eigenvalue weighted by atomic mass is 9.80. The lowest BCUT2D eigenvalue weighted by Crippen LogP contribution is -2.58. The summed E-state index contributed by atoms with van der Waals surface area (Å²) in [6, 6.07) is 5.84. The number of alkyl halides is 1. The third-order valence-corrected chi connectivity index (χ3v) is 8.49. The molecule has 2 heterocycles. The van der Waals surface area contributed by atoms with Crippen LogP contribution >= 0.6 is 0 Å². The third-order valence-electron chi connectivity index (χ3n) is 8.49. The predicted molar refractivity (Wildman–Crippen MR) is 156 cm³/mol. The van der Waals surface area contributed by atoms with Gasteiger partial charge in [-0.2, -0.15) is 5.10 Å². The number of likely N-dealkylation sites (tertiary alicyclic amines) is 1. The molecule has 2 fully saturated rings. The number of aryl methyl sites for hydroxylation is 2. The van der Waals surface area contributed by atoms with E-state index in [-0.39, 0.29) is 24.0 Å². The van der Waals surface area contributed by atoms with Crippen molar-refractivity contribution in [1.82, 2.24) is 20.0 Å². The summed E-state index contributed by atoms with van der Waals surface area (Å²) < 4.78 is 15.1. The van der Waals surface area contributed by atoms with Crippen molar-refractivity contribution in [3.05, 3.63) is 58.4 Å². The molecule has 1 unspecified atom stereocenters. The topological polar surface area (TPSA) is 100 Å². The Bertz CT molecular complexity index is 1290. The van der Waals surface area contributed by atoms with Crippen LogP contribution < -0.4 is 11.1 Å². The van der Waals surface area contributed by atoms with Gasteiger partial charge in [-0.15, -0.1) is 0 Å². The number of rotatable bonds is 9. The number of carbonyl (C=O) groups is 1. The van der Waals surface area contributed by atoms with E-state index in [4.69, 9.17) is 16.2 Å². The average molecular weight is 535 g/mol. The highest BCUT2D eigenvalue weighted by Crippen LogP contribution is 2.36. The van der Waals surface area contributed by atoms with Gasteiger partial charge in [0.05, 0.1) is 11.4 Å². The highest BCUT2D eigenvalue weighted by atomic mass is 19.1. The predicted octanol–water partition coefficient (Wildman–Crippen LogP) is 5.42. The highest BCUT2D eigenvalue weighted by molar-refractivity contribution is 6.00. The highest BCUT2D eigenvalue weighted by Gasteiger charge is 2.41. The summed E-state index contributed by atoms with van der Waals surface area (Å²) in [6.07, 6.45) is 10.2. The summed E-state index contributed by atoms with van der Waals surface area (Å²) in [5, 5.41) is 16.6. The lowest BCUT2D eigenvalue weighted by Gasteiger charge is -2.48. The standard InChI is InChI=1S/C31H43FN6O/c1-6-26(29-27(18-34)28(36-37(29)5)22-10-11-23(16-32)20(2)14-22)24(17-33)19-35-25-12-13-38(31(3,4)15-25)30(39)21-8-7-9-21/h6,10-11,14,17,19,21,25,33,35H,7-9,12-13,15-16,18,34H2,1-5H3/b24-19+,26-6-,33-17?. The van der Waals surface area contributed by atoms with Crippen LogP contribution in [0, 0.1) is 18.3 Å². The van der Waals surface area contributed by atoms with Gasteiger partial charge in [0.15, 0.2) is 0 Å². The Hall–Kier alpha value is -3.26. The van der Waals surface area contributed by atoms with Crippen molar-refractivity contribution in [2.24, 2.45) is 18.7 Å². The molecule has 1 aliphatic carbocycles. The van der Waals surface area contributed by atoms with Crippen LogP contribution in [-0.4, -0.2) is 44.9 Å². The smallest absolute Gasteiger partial charge is 0.226 e. The van der Waals surface area contributed by atoms with E-state index >= 15 is 0 Å². The molecule has 210 valence electrons. The number of amides is 1. The SMILES string of the molecule is C/C=C(/C(C=N)=C/NC1CCN(C(=O)C2CCC2)C(C)(C)C1)c1c(CN)c(-c2ccc(CF)c(C)c2)nn1C. The van der Waals surface area contributed by atoms with Gasteiger partial charge in [0.25, 0.3) is 0 Å². The Labute approximate surface area is 231 Å². The molecule has 1 amide bonds. The van der Waals surface area contributed by atoms with Gasteiger partial charge in [-0.1, -0.05) is 24.6 Å². The minimum Gasteiger partial charge on any atom is -0.387 e. The van der Waals surface area contributed by atoms with Gasteiger partial charge in [0, 0.05) is 72.3 Å². The quantitative estimate of drug-likeness (QED) is 0.295. The Morgan fingerprint density at radius 3 is 2.59 bits per heavy atom. The fraction of sp³-hybridized carbons (Fsp3) is 0.516. The first-order valence-electron chi connectivity index (χ1n) is 14.0. The second-order valence-electron chi connectivity index (χ2n) is 11.5. The number of hydrogen-bond acceptors (Lipinski definition) is 5. The lowest BCUT2D eigenvalue weighted by molar-refractivity contribution is -0.146. The first kappa shape index (κ1) is 28.7. The maximum Gasteiger partial charge on any atom is 0.226 e. The molecule has 1 saturated heterocycles. The summed E-state index contributed by atoms with van der Waals surface area (Å²) in [4.78, 5) is 15.1. The average Bonchev–Trinajstić information content (AvgIpc) is 3.20. The molecule has 4 rings (SSSR count). The normalized spacial score (nSPS) is 20.1. The van der Waals surface area contributed by atoms with E-state index in [0.717, 1.165) is 77.9 Å². The van der Waals surface area contributed by atoms with Crippen molar-refractivity contribution in [2.45, 2.75) is 84.6 Å². The molecule has 1 aromatic heterocycles. The molecule has 0 radical (unpaired) electrons. The Balaban J connectivity index is 1.56. The van der Waals surface area contributed by atoms with Crippen LogP contribution in [0.1, 0.15) is 75.3 Å². The van der Waals surface area contributed by atoms with Gasteiger partial charge in [-0.05, 0) is 70.6 Å². The molecule has 0 bridgehead atoms. The number of nitrogens with two attached hydrogens (primary N) is 1. The minimum absolute atomic E-state index is 0.201. The van der Waals surface area contributed by atoms with Crippen molar-refractivity contribution in [3.63, 3.8) is 0 Å². The molecule has 8 heteroatoms. The van der Waals surface area contributed by atoms with E-state index in [1.165, 1.54) is 6.21 Å². The van der Waals surface area contributed by atoms with Gasteiger partial charge in [0.1, 0.15) is 6.67 Å². The van der Waals surface area contributed by atoms with Gasteiger partial charge < -0.3 is 21.4 Å². The fourth-order valence-electron chi connectivity index (χ4n) is 6.00. The van der Waals surface area contributed by atoms with Gasteiger partial charge in [-0.25, -0.2) is 4.39 Å². The molecule has 2 aromatic rings. The zero-order valence-electron chi connectivity index (χ0n) is 24.0. The van der Waals surface area contributed by atoms with Crippen LogP contribution in [-0.2, 0) is 25.1 Å². The summed E-state index contributed by atoms with van der Waals surface area (Å²) in [5.74, 6) is 0.522. The Morgan fingerprint density at radius 2 is 2.05 bits per heavy atom. The first-order chi connectivity index (χ1) is 18.6. The van der Waals surface area contributed by atoms with E-state index in [9.17, 15) is 9.18 Å². The van der Waals surface area contributed by atoms with Gasteiger partial charge >= 0.3 is 0 Å². The molecular formula is C31H43FN6O. The zero-order chi connectivity index (χ0) is 28.3. The largest absolute Gasteiger partial charge is 0.387 e. The van der Waals surface area contributed by atoms with Crippen LogP contribution in [0.5, 0.6) is 0 Å². The molecule has 1 aliphatic heterocycles. The molecule has 1 aromatic carbocycles. The fourth-order valence-corrected chi connectivity index (χ4v) is 6.00. The van der Waals surface area contributed by atoms with E-state index in [1.54, 1.807) is 6.07 Å². The number of benzene rings is 1. The molecule has 1 saturated carbocycles. The first-order valence-corrected chi connectivity index (χ1v) is 14.0. The summed E-state index contributed by atoms with van der Waals surface area (Å²) in [7, 11) is 1.89. The number of hydrogen-bond donors (Lipinski definition) is 3. The molecule has 4 N–H and O–H groups in total. The second-order valence-corrected chi connectivity index (χ2v) is 11.5. The van der Waals surface area contributed by atoms with Crippen molar-refractivity contribution in [2.75, 3.05) is 6.54 Å². The van der Waals surface area contributed by atoms with E-state index in [0.29, 0.717) is 11.5 Å². The van der Waals surface area contributed by atoms with Gasteiger partial charge in [0.2, 0.25) is 5.91 Å². The van der Waals surface area contributed by atoms with Gasteiger partial charge in [-0.3, -0.25) is 9.48 Å². The number of nitrogens with one attached hydrogen (secondary N) is 2. The summed E-state index contributed by atoms with van der Waals surface area (Å²) in [6.45, 7) is 8.68. The number of halogens is 1. The van der Waals surface area contributed by atoms with Crippen molar-refractivity contribution in [3.8, 4) is 11.3 Å². The molecule has 39 heavy (non-hydrogen) atoms. The monoisotopic (exact) mass is 534 g/mol. The molecule has 0 spiro atoms. The maximum absolute atomic E-state index is 13.3. The number of aromatic nitrogens is 2. The maximum atomic E-state index is 13.3. The van der Waals surface area contributed by atoms with Crippen LogP contribution in [0.15, 0.2) is 36.0 Å². The van der Waals surface area contributed by atoms with E-state index < -0.39 is 6.67 Å². The van der Waals surface area contributed by atoms with Crippen LogP contribution in [0.3, 0.4) is 0 Å². The van der Waals surface area contributed by atoms with E-state index in [1.807, 2.05) is 50.0 Å². The van der Waals surface area contributed by atoms with Crippen molar-refractivity contribution >= 4 is 17.7 Å². The summed E-state index contributed by atoms with van der Waals surface area (Å²) in [5.41, 5.74) is 12.6. The van der Waals surface area contributed by atoms with Crippen LogP contribution in [0.4, 0.5) is 4.39 Å². The number of nitrogens with zero attached hydrogens (tertiary/aromatic N) is 3. The van der Waals surface area contributed by atoms with Crippen LogP contribution in [0.25, 0.3) is 16.8 Å². The second kappa shape index (κ2) is 11.9.